The minimum Gasteiger partial charge on any atom is -0.502 e. The molecule has 0 saturated carbocycles. The van der Waals surface area contributed by atoms with Crippen molar-refractivity contribution < 1.29 is 27.9 Å². The smallest absolute Gasteiger partial charge is 0.276 e. The lowest BCUT2D eigenvalue weighted by molar-refractivity contribution is 0.0639. The fraction of sp³-hybridized carbons (Fsp3) is 0.381. The number of carbonyl (C=O) groups is 2. The van der Waals surface area contributed by atoms with Gasteiger partial charge in [0.25, 0.3) is 11.8 Å². The fourth-order valence-corrected chi connectivity index (χ4v) is 3.42. The number of halogens is 3. The highest BCUT2D eigenvalue weighted by molar-refractivity contribution is 5.98. The number of hydrogen-bond acceptors (Lipinski definition) is 5. The van der Waals surface area contributed by atoms with E-state index >= 15 is 0 Å². The predicted molar refractivity (Wildman–Crippen MR) is 110 cm³/mol. The van der Waals surface area contributed by atoms with E-state index in [-0.39, 0.29) is 18.5 Å². The SMILES string of the molecule is CC1C[C@H](F)[C@H](C)N(C)C(=O)c2c(O)c(=O)c(C(=O)NCc3ccc(F)cc3F)cn2N1. The van der Waals surface area contributed by atoms with Crippen LogP contribution in [0.1, 0.15) is 46.7 Å². The first-order valence-corrected chi connectivity index (χ1v) is 9.89. The van der Waals surface area contributed by atoms with Crippen LogP contribution in [0.25, 0.3) is 0 Å². The number of nitrogens with zero attached hydrogens (tertiary/aromatic N) is 2. The molecule has 0 radical (unpaired) electrons. The Morgan fingerprint density at radius 2 is 1.97 bits per heavy atom. The Morgan fingerprint density at radius 1 is 1.28 bits per heavy atom. The molecule has 0 spiro atoms. The second kappa shape index (κ2) is 8.93. The first-order valence-electron chi connectivity index (χ1n) is 9.89. The molecule has 11 heteroatoms. The van der Waals surface area contributed by atoms with Gasteiger partial charge in [-0.2, -0.15) is 0 Å². The Hall–Kier alpha value is -3.50. The lowest BCUT2D eigenvalue weighted by Crippen LogP contribution is -2.42. The quantitative estimate of drug-likeness (QED) is 0.660. The third-order valence-corrected chi connectivity index (χ3v) is 5.48. The van der Waals surface area contributed by atoms with E-state index in [4.69, 9.17) is 0 Å². The van der Waals surface area contributed by atoms with Crippen LogP contribution in [0, 0.1) is 11.6 Å². The van der Waals surface area contributed by atoms with Gasteiger partial charge in [0.1, 0.15) is 23.4 Å². The second-order valence-corrected chi connectivity index (χ2v) is 7.80. The van der Waals surface area contributed by atoms with Gasteiger partial charge in [-0.25, -0.2) is 13.2 Å². The number of alkyl halides is 1. The molecule has 0 bridgehead atoms. The summed E-state index contributed by atoms with van der Waals surface area (Å²) in [5.74, 6) is -4.39. The molecule has 0 aliphatic carbocycles. The molecule has 1 aromatic carbocycles. The molecule has 3 N–H and O–H groups in total. The third kappa shape index (κ3) is 4.41. The van der Waals surface area contributed by atoms with Crippen molar-refractivity contribution in [2.75, 3.05) is 12.5 Å². The summed E-state index contributed by atoms with van der Waals surface area (Å²) in [5, 5.41) is 12.8. The lowest BCUT2D eigenvalue weighted by atomic mass is 10.1. The van der Waals surface area contributed by atoms with E-state index < -0.39 is 64.1 Å². The number of nitrogens with one attached hydrogen (secondary N) is 2. The van der Waals surface area contributed by atoms with E-state index in [9.17, 15) is 32.7 Å². The van der Waals surface area contributed by atoms with Gasteiger partial charge < -0.3 is 20.7 Å². The molecule has 3 rings (SSSR count). The standard InChI is InChI=1S/C21H23F3N4O4/c1-10-6-15(23)11(2)27(3)21(32)17-19(30)18(29)14(9-28(17)26-10)20(31)25-8-12-4-5-13(22)7-16(12)24/h4-5,7,9-11,15,26,30H,6,8H2,1-3H3,(H,25,31)/t10?,11-,15-/m0/s1. The summed E-state index contributed by atoms with van der Waals surface area (Å²) in [4.78, 5) is 39.2. The van der Waals surface area contributed by atoms with Crippen molar-refractivity contribution in [3.63, 3.8) is 0 Å². The number of fused-ring (bicyclic) bond motifs is 1. The molecular formula is C21H23F3N4O4. The molecule has 1 aromatic heterocycles. The Balaban J connectivity index is 1.97. The number of hydrogen-bond donors (Lipinski definition) is 3. The molecule has 2 amide bonds. The van der Waals surface area contributed by atoms with Crippen LogP contribution in [0.2, 0.25) is 0 Å². The highest BCUT2D eigenvalue weighted by Crippen LogP contribution is 2.22. The van der Waals surface area contributed by atoms with Crippen LogP contribution in [0.5, 0.6) is 5.75 Å². The van der Waals surface area contributed by atoms with Crippen molar-refractivity contribution in [2.24, 2.45) is 0 Å². The van der Waals surface area contributed by atoms with E-state index in [1.54, 1.807) is 6.92 Å². The zero-order chi connectivity index (χ0) is 23.7. The third-order valence-electron chi connectivity index (χ3n) is 5.48. The lowest BCUT2D eigenvalue weighted by Gasteiger charge is -2.27. The Kier molecular flexibility index (Phi) is 6.47. The molecular weight excluding hydrogens is 429 g/mol. The Bertz CT molecular complexity index is 1120. The number of rotatable bonds is 3. The van der Waals surface area contributed by atoms with Crippen LogP contribution < -0.4 is 16.2 Å². The number of pyridine rings is 1. The number of carbonyl (C=O) groups excluding carboxylic acids is 2. The molecule has 0 saturated heterocycles. The summed E-state index contributed by atoms with van der Waals surface area (Å²) < 4.78 is 42.4. The van der Waals surface area contributed by atoms with Gasteiger partial charge in [0.05, 0.1) is 6.04 Å². The molecule has 32 heavy (non-hydrogen) atoms. The molecule has 1 aliphatic heterocycles. The summed E-state index contributed by atoms with van der Waals surface area (Å²) in [6.07, 6.45) is -0.320. The van der Waals surface area contributed by atoms with Gasteiger partial charge in [-0.3, -0.25) is 19.1 Å². The van der Waals surface area contributed by atoms with Crippen molar-refractivity contribution in [3.8, 4) is 5.75 Å². The summed E-state index contributed by atoms with van der Waals surface area (Å²) in [7, 11) is 1.35. The largest absolute Gasteiger partial charge is 0.502 e. The van der Waals surface area contributed by atoms with Crippen molar-refractivity contribution in [3.05, 3.63) is 63.1 Å². The van der Waals surface area contributed by atoms with Gasteiger partial charge in [0.2, 0.25) is 5.43 Å². The van der Waals surface area contributed by atoms with Crippen LogP contribution >= 0.6 is 0 Å². The summed E-state index contributed by atoms with van der Waals surface area (Å²) in [6, 6.07) is 1.49. The van der Waals surface area contributed by atoms with Crippen LogP contribution in [-0.2, 0) is 6.54 Å². The zero-order valence-electron chi connectivity index (χ0n) is 17.7. The molecule has 2 heterocycles. The second-order valence-electron chi connectivity index (χ2n) is 7.80. The average Bonchev–Trinajstić information content (AvgIpc) is 2.75. The monoisotopic (exact) mass is 452 g/mol. The van der Waals surface area contributed by atoms with Crippen molar-refractivity contribution in [1.82, 2.24) is 14.9 Å². The minimum atomic E-state index is -1.37. The summed E-state index contributed by atoms with van der Waals surface area (Å²) in [6.45, 7) is 2.81. The van der Waals surface area contributed by atoms with Gasteiger partial charge in [0.15, 0.2) is 11.4 Å². The summed E-state index contributed by atoms with van der Waals surface area (Å²) in [5.41, 5.74) is 0.714. The van der Waals surface area contributed by atoms with Gasteiger partial charge in [-0.15, -0.1) is 0 Å². The summed E-state index contributed by atoms with van der Waals surface area (Å²) >= 11 is 0. The van der Waals surface area contributed by atoms with Gasteiger partial charge in [-0.1, -0.05) is 6.07 Å². The first kappa shape index (κ1) is 23.2. The maximum Gasteiger partial charge on any atom is 0.276 e. The van der Waals surface area contributed by atoms with Crippen molar-refractivity contribution in [1.29, 1.82) is 0 Å². The topological polar surface area (TPSA) is 104 Å². The molecule has 0 fully saturated rings. The van der Waals surface area contributed by atoms with Crippen molar-refractivity contribution in [2.45, 2.75) is 45.1 Å². The fourth-order valence-electron chi connectivity index (χ4n) is 3.42. The van der Waals surface area contributed by atoms with Gasteiger partial charge in [-0.05, 0) is 19.9 Å². The maximum atomic E-state index is 14.5. The Morgan fingerprint density at radius 3 is 2.62 bits per heavy atom. The molecule has 8 nitrogen and oxygen atoms in total. The van der Waals surface area contributed by atoms with E-state index in [0.29, 0.717) is 6.07 Å². The van der Waals surface area contributed by atoms with E-state index in [1.165, 1.54) is 14.0 Å². The average molecular weight is 452 g/mol. The van der Waals surface area contributed by atoms with E-state index in [2.05, 4.69) is 10.7 Å². The molecule has 1 aliphatic rings. The van der Waals surface area contributed by atoms with Gasteiger partial charge in [0, 0.05) is 43.9 Å². The highest BCUT2D eigenvalue weighted by Gasteiger charge is 2.33. The molecule has 172 valence electrons. The molecule has 1 unspecified atom stereocenters. The van der Waals surface area contributed by atoms with Crippen molar-refractivity contribution >= 4 is 11.8 Å². The van der Waals surface area contributed by atoms with E-state index in [0.717, 1.165) is 27.9 Å². The van der Waals surface area contributed by atoms with Crippen LogP contribution in [0.4, 0.5) is 13.2 Å². The number of aromatic nitrogens is 1. The van der Waals surface area contributed by atoms with Crippen LogP contribution in [0.15, 0.2) is 29.2 Å². The zero-order valence-corrected chi connectivity index (χ0v) is 17.7. The normalized spacial score (nSPS) is 21.1. The van der Waals surface area contributed by atoms with Crippen LogP contribution in [0.3, 0.4) is 0 Å². The molecule has 3 atom stereocenters. The van der Waals surface area contributed by atoms with Gasteiger partial charge >= 0.3 is 0 Å². The molecule has 2 aromatic rings. The first-order chi connectivity index (χ1) is 15.0. The highest BCUT2D eigenvalue weighted by atomic mass is 19.1. The van der Waals surface area contributed by atoms with E-state index in [1.807, 2.05) is 0 Å². The number of amides is 2. The number of aromatic hydroxyl groups is 1. The maximum absolute atomic E-state index is 14.5. The van der Waals surface area contributed by atoms with Crippen LogP contribution in [-0.4, -0.2) is 51.8 Å². The minimum absolute atomic E-state index is 0.0154. The Labute approximate surface area is 181 Å². The predicted octanol–water partition coefficient (Wildman–Crippen LogP) is 1.90. The number of benzene rings is 1.